The second kappa shape index (κ2) is 11.4. The maximum Gasteiger partial charge on any atom is 0.203 e. The fourth-order valence-electron chi connectivity index (χ4n) is 2.67. The van der Waals surface area contributed by atoms with Gasteiger partial charge >= 0.3 is 0 Å². The van der Waals surface area contributed by atoms with Crippen molar-refractivity contribution in [2.75, 3.05) is 60.8 Å². The van der Waals surface area contributed by atoms with E-state index in [1.54, 1.807) is 21.3 Å². The Morgan fingerprint density at radius 1 is 1.08 bits per heavy atom. The molecule has 7 nitrogen and oxygen atoms in total. The summed E-state index contributed by atoms with van der Waals surface area (Å²) in [6, 6.07) is 3.69. The molecule has 1 atom stereocenters. The number of β-amino-alcohol motifs (C(OH)–C–C–N with tert-alkyl or cyclic N) is 1. The molecule has 2 rings (SSSR count). The minimum atomic E-state index is -0.523. The van der Waals surface area contributed by atoms with E-state index in [2.05, 4.69) is 4.90 Å². The van der Waals surface area contributed by atoms with Gasteiger partial charge in [-0.05, 0) is 17.7 Å². The van der Waals surface area contributed by atoms with Crippen LogP contribution in [-0.4, -0.2) is 76.9 Å². The lowest BCUT2D eigenvalue weighted by atomic mass is 10.2. The van der Waals surface area contributed by atoms with E-state index >= 15 is 0 Å². The third-order valence-electron chi connectivity index (χ3n) is 3.88. The van der Waals surface area contributed by atoms with Gasteiger partial charge in [0.05, 0.1) is 53.9 Å². The van der Waals surface area contributed by atoms with Crippen LogP contribution in [0.1, 0.15) is 5.56 Å². The van der Waals surface area contributed by atoms with Gasteiger partial charge < -0.3 is 41.2 Å². The van der Waals surface area contributed by atoms with E-state index in [1.807, 2.05) is 12.1 Å². The van der Waals surface area contributed by atoms with Gasteiger partial charge in [-0.1, -0.05) is 0 Å². The van der Waals surface area contributed by atoms with Crippen LogP contribution in [0.4, 0.5) is 0 Å². The Morgan fingerprint density at radius 2 is 1.68 bits per heavy atom. The monoisotopic (exact) mass is 376 g/mol. The quantitative estimate of drug-likeness (QED) is 0.531. The topological polar surface area (TPSA) is 69.6 Å². The van der Waals surface area contributed by atoms with Crippen molar-refractivity contribution < 1.29 is 41.2 Å². The Labute approximate surface area is 155 Å². The van der Waals surface area contributed by atoms with Gasteiger partial charge in [0.1, 0.15) is 0 Å². The second-order valence-corrected chi connectivity index (χ2v) is 5.62. The lowest BCUT2D eigenvalue weighted by Gasteiger charge is -2.28. The molecule has 1 N–H and O–H groups in total. The van der Waals surface area contributed by atoms with Crippen molar-refractivity contribution in [3.63, 3.8) is 0 Å². The molecule has 0 saturated carbocycles. The average molecular weight is 377 g/mol. The molecule has 1 heterocycles. The third kappa shape index (κ3) is 6.52. The summed E-state index contributed by atoms with van der Waals surface area (Å²) < 4.78 is 26.9. The van der Waals surface area contributed by atoms with Crippen molar-refractivity contribution in [2.45, 2.75) is 12.7 Å². The number of hydrogen-bond donors (Lipinski definition) is 1. The first-order valence-electron chi connectivity index (χ1n) is 8.02. The Bertz CT molecular complexity index is 485. The zero-order chi connectivity index (χ0) is 17.4. The summed E-state index contributed by atoms with van der Waals surface area (Å²) in [6.07, 6.45) is -0.523. The van der Waals surface area contributed by atoms with Gasteiger partial charge in [-0.3, -0.25) is 4.90 Å². The number of methoxy groups -OCH3 is 3. The van der Waals surface area contributed by atoms with Crippen LogP contribution >= 0.6 is 0 Å². The molecule has 0 aliphatic carbocycles. The van der Waals surface area contributed by atoms with Gasteiger partial charge in [-0.15, -0.1) is 0 Å². The molecule has 0 amide bonds. The number of ether oxygens (including phenoxy) is 5. The minimum absolute atomic E-state index is 0. The number of aliphatic hydroxyl groups excluding tert-OH is 1. The first-order chi connectivity index (χ1) is 11.7. The highest BCUT2D eigenvalue weighted by Gasteiger charge is 2.16. The molecule has 1 unspecified atom stereocenters. The SMILES string of the molecule is COc1cc(COCC(O)CN2CCOCC2)cc(OC)c1OC.[Cl-]. The Morgan fingerprint density at radius 3 is 2.20 bits per heavy atom. The summed E-state index contributed by atoms with van der Waals surface area (Å²) in [6.45, 7) is 4.37. The number of rotatable bonds is 9. The third-order valence-corrected chi connectivity index (χ3v) is 3.88. The Kier molecular flexibility index (Phi) is 9.92. The summed E-state index contributed by atoms with van der Waals surface area (Å²) in [4.78, 5) is 2.18. The van der Waals surface area contributed by atoms with Gasteiger partial charge in [-0.2, -0.15) is 0 Å². The molecule has 0 bridgehead atoms. The van der Waals surface area contributed by atoms with E-state index in [0.717, 1.165) is 31.9 Å². The lowest BCUT2D eigenvalue weighted by molar-refractivity contribution is -0.0175. The molecule has 1 saturated heterocycles. The van der Waals surface area contributed by atoms with Crippen molar-refractivity contribution in [3.05, 3.63) is 17.7 Å². The van der Waals surface area contributed by atoms with Crippen LogP contribution < -0.4 is 26.6 Å². The molecule has 1 aliphatic heterocycles. The predicted octanol–water partition coefficient (Wildman–Crippen LogP) is -2.07. The van der Waals surface area contributed by atoms with Crippen LogP contribution in [0.5, 0.6) is 17.2 Å². The summed E-state index contributed by atoms with van der Waals surface area (Å²) in [5.41, 5.74) is 0.892. The van der Waals surface area contributed by atoms with Gasteiger partial charge in [0.25, 0.3) is 0 Å². The van der Waals surface area contributed by atoms with Crippen LogP contribution in [-0.2, 0) is 16.1 Å². The second-order valence-electron chi connectivity index (χ2n) is 5.62. The molecule has 1 aromatic carbocycles. The highest BCUT2D eigenvalue weighted by molar-refractivity contribution is 5.53. The van der Waals surface area contributed by atoms with Crippen molar-refractivity contribution in [3.8, 4) is 17.2 Å². The first kappa shape index (κ1) is 21.8. The van der Waals surface area contributed by atoms with E-state index in [4.69, 9.17) is 23.7 Å². The smallest absolute Gasteiger partial charge is 0.203 e. The molecular weight excluding hydrogens is 350 g/mol. The van der Waals surface area contributed by atoms with E-state index < -0.39 is 6.10 Å². The normalized spacial score (nSPS) is 16.0. The summed E-state index contributed by atoms with van der Waals surface area (Å²) in [7, 11) is 4.72. The van der Waals surface area contributed by atoms with Crippen molar-refractivity contribution in [2.24, 2.45) is 0 Å². The fraction of sp³-hybridized carbons (Fsp3) is 0.647. The van der Waals surface area contributed by atoms with E-state index in [-0.39, 0.29) is 19.0 Å². The van der Waals surface area contributed by atoms with Crippen LogP contribution in [0.2, 0.25) is 0 Å². The Balaban J connectivity index is 0.00000312. The molecule has 0 radical (unpaired) electrons. The van der Waals surface area contributed by atoms with Gasteiger partial charge in [0.2, 0.25) is 5.75 Å². The molecule has 8 heteroatoms. The molecule has 1 fully saturated rings. The molecule has 0 aromatic heterocycles. The molecule has 1 aliphatic rings. The molecular formula is C17H27ClNO6-. The molecule has 144 valence electrons. The number of halogens is 1. The number of aliphatic hydroxyl groups is 1. The van der Waals surface area contributed by atoms with Crippen LogP contribution in [0.15, 0.2) is 12.1 Å². The highest BCUT2D eigenvalue weighted by atomic mass is 35.5. The van der Waals surface area contributed by atoms with Crippen LogP contribution in [0.25, 0.3) is 0 Å². The number of hydrogen-bond acceptors (Lipinski definition) is 7. The van der Waals surface area contributed by atoms with Crippen molar-refractivity contribution in [1.82, 2.24) is 4.90 Å². The maximum atomic E-state index is 10.1. The number of benzene rings is 1. The highest BCUT2D eigenvalue weighted by Crippen LogP contribution is 2.38. The summed E-state index contributed by atoms with van der Waals surface area (Å²) >= 11 is 0. The van der Waals surface area contributed by atoms with Gasteiger partial charge in [0.15, 0.2) is 11.5 Å². The standard InChI is InChI=1S/C17H27NO6.ClH/c1-20-15-8-13(9-16(21-2)17(15)22-3)11-24-12-14(19)10-18-4-6-23-7-5-18;/h8-9,14,19H,4-7,10-12H2,1-3H3;1H/p-1. The molecule has 1 aromatic rings. The largest absolute Gasteiger partial charge is 1.00 e. The fourth-order valence-corrected chi connectivity index (χ4v) is 2.67. The molecule has 0 spiro atoms. The van der Waals surface area contributed by atoms with Crippen LogP contribution in [0.3, 0.4) is 0 Å². The zero-order valence-electron chi connectivity index (χ0n) is 15.0. The molecule has 25 heavy (non-hydrogen) atoms. The zero-order valence-corrected chi connectivity index (χ0v) is 15.8. The van der Waals surface area contributed by atoms with E-state index in [1.165, 1.54) is 0 Å². The summed E-state index contributed by atoms with van der Waals surface area (Å²) in [5.74, 6) is 1.73. The number of morpholine rings is 1. The first-order valence-corrected chi connectivity index (χ1v) is 8.02. The summed E-state index contributed by atoms with van der Waals surface area (Å²) in [5, 5.41) is 10.1. The minimum Gasteiger partial charge on any atom is -1.00 e. The predicted molar refractivity (Wildman–Crippen MR) is 89.0 cm³/mol. The van der Waals surface area contributed by atoms with E-state index in [9.17, 15) is 5.11 Å². The van der Waals surface area contributed by atoms with E-state index in [0.29, 0.717) is 30.4 Å². The van der Waals surface area contributed by atoms with Crippen molar-refractivity contribution in [1.29, 1.82) is 0 Å². The van der Waals surface area contributed by atoms with Gasteiger partial charge in [0, 0.05) is 19.6 Å². The maximum absolute atomic E-state index is 10.1. The number of nitrogens with zero attached hydrogens (tertiary/aromatic N) is 1. The van der Waals surface area contributed by atoms with Crippen LogP contribution in [0, 0.1) is 0 Å². The Hall–Kier alpha value is -1.25. The van der Waals surface area contributed by atoms with Gasteiger partial charge in [-0.25, -0.2) is 0 Å². The lowest BCUT2D eigenvalue weighted by Crippen LogP contribution is -3.00. The average Bonchev–Trinajstić information content (AvgIpc) is 2.61. The van der Waals surface area contributed by atoms with Crippen molar-refractivity contribution >= 4 is 0 Å².